The lowest BCUT2D eigenvalue weighted by Crippen LogP contribution is -2.35. The van der Waals surface area contributed by atoms with Crippen LogP contribution in [-0.2, 0) is 0 Å². The van der Waals surface area contributed by atoms with Gasteiger partial charge in [-0.2, -0.15) is 4.73 Å². The zero-order valence-electron chi connectivity index (χ0n) is 11.4. The summed E-state index contributed by atoms with van der Waals surface area (Å²) in [6, 6.07) is 3.93. The van der Waals surface area contributed by atoms with E-state index in [1.165, 1.54) is 5.57 Å². The molecule has 1 rings (SSSR count). The van der Waals surface area contributed by atoms with Crippen LogP contribution in [0, 0.1) is 19.1 Å². The Morgan fingerprint density at radius 2 is 1.94 bits per heavy atom. The van der Waals surface area contributed by atoms with Gasteiger partial charge in [-0.1, -0.05) is 32.8 Å². The van der Waals surface area contributed by atoms with E-state index in [9.17, 15) is 5.21 Å². The van der Waals surface area contributed by atoms with Crippen LogP contribution in [0.25, 0.3) is 5.57 Å². The van der Waals surface area contributed by atoms with Gasteiger partial charge in [0, 0.05) is 24.6 Å². The van der Waals surface area contributed by atoms with Crippen LogP contribution in [-0.4, -0.2) is 0 Å². The third kappa shape index (κ3) is 3.58. The quantitative estimate of drug-likeness (QED) is 0.559. The van der Waals surface area contributed by atoms with Gasteiger partial charge in [-0.25, -0.2) is 0 Å². The molecule has 17 heavy (non-hydrogen) atoms. The number of aromatic nitrogens is 1. The van der Waals surface area contributed by atoms with E-state index in [0.717, 1.165) is 47.4 Å². The first-order chi connectivity index (χ1) is 8.10. The molecule has 2 nitrogen and oxygen atoms in total. The molecule has 0 aliphatic rings. The lowest BCUT2D eigenvalue weighted by Gasteiger charge is -2.11. The summed E-state index contributed by atoms with van der Waals surface area (Å²) in [5, 5.41) is 12.1. The summed E-state index contributed by atoms with van der Waals surface area (Å²) < 4.78 is 1.06. The molecule has 1 heterocycles. The maximum Gasteiger partial charge on any atom is 0.219 e. The molecule has 0 saturated heterocycles. The monoisotopic (exact) mass is 233 g/mol. The maximum atomic E-state index is 12.1. The molecule has 2 heteroatoms. The lowest BCUT2D eigenvalue weighted by molar-refractivity contribution is -0.615. The van der Waals surface area contributed by atoms with Gasteiger partial charge in [-0.3, -0.25) is 0 Å². The van der Waals surface area contributed by atoms with E-state index in [1.54, 1.807) is 0 Å². The van der Waals surface area contributed by atoms with Gasteiger partial charge in [0.05, 0.1) is 0 Å². The van der Waals surface area contributed by atoms with Gasteiger partial charge < -0.3 is 5.21 Å². The molecule has 0 aromatic carbocycles. The third-order valence-electron chi connectivity index (χ3n) is 2.87. The fourth-order valence-electron chi connectivity index (χ4n) is 2.04. The average molecular weight is 233 g/mol. The van der Waals surface area contributed by atoms with Crippen molar-refractivity contribution < 1.29 is 4.73 Å². The van der Waals surface area contributed by atoms with Gasteiger partial charge >= 0.3 is 0 Å². The second-order valence-corrected chi connectivity index (χ2v) is 4.62. The van der Waals surface area contributed by atoms with Crippen LogP contribution in [0.4, 0.5) is 0 Å². The van der Waals surface area contributed by atoms with E-state index in [2.05, 4.69) is 19.9 Å². The number of pyridine rings is 1. The molecule has 0 spiro atoms. The minimum absolute atomic E-state index is 0.776. The van der Waals surface area contributed by atoms with E-state index in [-0.39, 0.29) is 0 Å². The zero-order chi connectivity index (χ0) is 12.8. The van der Waals surface area contributed by atoms with Crippen LogP contribution in [0.5, 0.6) is 0 Å². The first-order valence-corrected chi connectivity index (χ1v) is 6.50. The van der Waals surface area contributed by atoms with Gasteiger partial charge in [0.2, 0.25) is 5.69 Å². The van der Waals surface area contributed by atoms with E-state index in [0.29, 0.717) is 0 Å². The molecular weight excluding hydrogens is 210 g/mol. The van der Waals surface area contributed by atoms with Crippen molar-refractivity contribution in [2.45, 2.75) is 53.4 Å². The van der Waals surface area contributed by atoms with Gasteiger partial charge in [-0.15, -0.1) is 0 Å². The van der Waals surface area contributed by atoms with Gasteiger partial charge in [0.1, 0.15) is 0 Å². The number of nitrogens with zero attached hydrogens (tertiary/aromatic N) is 1. The molecule has 0 aliphatic heterocycles. The number of aryl methyl sites for hydroxylation is 2. The molecular formula is C15H23NO. The zero-order valence-corrected chi connectivity index (χ0v) is 11.4. The smallest absolute Gasteiger partial charge is 0.219 e. The topological polar surface area (TPSA) is 26.9 Å². The Kier molecular flexibility index (Phi) is 5.20. The molecule has 0 saturated carbocycles. The molecule has 1 aromatic rings. The number of hydrogen-bond donors (Lipinski definition) is 0. The molecule has 0 amide bonds. The van der Waals surface area contributed by atoms with Gasteiger partial charge in [-0.05, 0) is 25.3 Å². The summed E-state index contributed by atoms with van der Waals surface area (Å²) in [5.74, 6) is 0. The second-order valence-electron chi connectivity index (χ2n) is 4.62. The Morgan fingerprint density at radius 1 is 1.24 bits per heavy atom. The molecule has 0 fully saturated rings. The fourth-order valence-corrected chi connectivity index (χ4v) is 2.04. The SMILES string of the molecule is CCC/C=C(\CCC)c1cc(C)cc(C)[n+]1[O-]. The van der Waals surface area contributed by atoms with Crippen LogP contribution in [0.2, 0.25) is 0 Å². The molecule has 0 aliphatic carbocycles. The lowest BCUT2D eigenvalue weighted by atomic mass is 10.0. The van der Waals surface area contributed by atoms with Crippen LogP contribution in [0.3, 0.4) is 0 Å². The highest BCUT2D eigenvalue weighted by molar-refractivity contribution is 5.61. The highest BCUT2D eigenvalue weighted by atomic mass is 16.5. The predicted molar refractivity (Wildman–Crippen MR) is 72.7 cm³/mol. The Labute approximate surface area is 105 Å². The van der Waals surface area contributed by atoms with E-state index in [1.807, 2.05) is 26.0 Å². The Balaban J connectivity index is 3.17. The van der Waals surface area contributed by atoms with Crippen molar-refractivity contribution in [3.8, 4) is 0 Å². The number of rotatable bonds is 5. The van der Waals surface area contributed by atoms with Crippen molar-refractivity contribution in [3.05, 3.63) is 40.4 Å². The molecule has 0 radical (unpaired) electrons. The van der Waals surface area contributed by atoms with Crippen molar-refractivity contribution in [1.82, 2.24) is 0 Å². The van der Waals surface area contributed by atoms with E-state index in [4.69, 9.17) is 0 Å². The summed E-state index contributed by atoms with van der Waals surface area (Å²) in [6.07, 6.45) is 6.43. The molecule has 0 N–H and O–H groups in total. The van der Waals surface area contributed by atoms with Crippen molar-refractivity contribution in [2.75, 3.05) is 0 Å². The first-order valence-electron chi connectivity index (χ1n) is 6.50. The average Bonchev–Trinajstić information content (AvgIpc) is 2.29. The minimum Gasteiger partial charge on any atom is -0.618 e. The van der Waals surface area contributed by atoms with Crippen molar-refractivity contribution in [3.63, 3.8) is 0 Å². The van der Waals surface area contributed by atoms with E-state index < -0.39 is 0 Å². The Hall–Kier alpha value is -1.31. The number of allylic oxidation sites excluding steroid dienone is 2. The predicted octanol–water partition coefficient (Wildman–Crippen LogP) is 3.92. The van der Waals surface area contributed by atoms with Crippen molar-refractivity contribution in [1.29, 1.82) is 0 Å². The van der Waals surface area contributed by atoms with Crippen LogP contribution in [0.15, 0.2) is 18.2 Å². The summed E-state index contributed by atoms with van der Waals surface area (Å²) in [6.45, 7) is 8.22. The van der Waals surface area contributed by atoms with E-state index >= 15 is 0 Å². The minimum atomic E-state index is 0.776. The molecule has 0 atom stereocenters. The van der Waals surface area contributed by atoms with Crippen LogP contribution in [0.1, 0.15) is 56.5 Å². The van der Waals surface area contributed by atoms with Crippen molar-refractivity contribution in [2.24, 2.45) is 0 Å². The molecule has 0 unspecified atom stereocenters. The maximum absolute atomic E-state index is 12.1. The summed E-state index contributed by atoms with van der Waals surface area (Å²) in [4.78, 5) is 0. The van der Waals surface area contributed by atoms with Crippen molar-refractivity contribution >= 4 is 5.57 Å². The fraction of sp³-hybridized carbons (Fsp3) is 0.533. The Morgan fingerprint density at radius 3 is 2.53 bits per heavy atom. The first kappa shape index (κ1) is 13.8. The molecule has 0 bridgehead atoms. The molecule has 94 valence electrons. The Bertz CT molecular complexity index is 408. The molecule has 1 aromatic heterocycles. The second kappa shape index (κ2) is 6.43. The normalized spacial score (nSPS) is 11.9. The van der Waals surface area contributed by atoms with Crippen LogP contribution >= 0.6 is 0 Å². The van der Waals surface area contributed by atoms with Crippen LogP contribution < -0.4 is 4.73 Å². The highest BCUT2D eigenvalue weighted by Crippen LogP contribution is 2.19. The number of hydrogen-bond acceptors (Lipinski definition) is 1. The van der Waals surface area contributed by atoms with Gasteiger partial charge in [0.15, 0.2) is 5.69 Å². The summed E-state index contributed by atoms with van der Waals surface area (Å²) in [7, 11) is 0. The third-order valence-corrected chi connectivity index (χ3v) is 2.87. The standard InChI is InChI=1S/C15H23NO/c1-5-7-9-14(8-6-2)15-11-12(3)10-13(4)16(15)17/h9-11H,5-8H2,1-4H3/b14-9+. The highest BCUT2D eigenvalue weighted by Gasteiger charge is 2.13. The number of unbranched alkanes of at least 4 members (excludes halogenated alkanes) is 1. The summed E-state index contributed by atoms with van der Waals surface area (Å²) in [5.41, 5.74) is 3.95. The summed E-state index contributed by atoms with van der Waals surface area (Å²) >= 11 is 0. The van der Waals surface area contributed by atoms with Gasteiger partial charge in [0.25, 0.3) is 0 Å². The largest absolute Gasteiger partial charge is 0.618 e.